The van der Waals surface area contributed by atoms with E-state index in [4.69, 9.17) is 5.73 Å². The molecule has 0 saturated carbocycles. The van der Waals surface area contributed by atoms with Crippen molar-refractivity contribution in [2.45, 2.75) is 13.3 Å². The Morgan fingerprint density at radius 3 is 2.93 bits per heavy atom. The lowest BCUT2D eigenvalue weighted by Gasteiger charge is -2.08. The van der Waals surface area contributed by atoms with Gasteiger partial charge >= 0.3 is 0 Å². The summed E-state index contributed by atoms with van der Waals surface area (Å²) in [5.74, 6) is 1.95. The fourth-order valence-electron chi connectivity index (χ4n) is 1.12. The lowest BCUT2D eigenvalue weighted by molar-refractivity contribution is 0.685. The van der Waals surface area contributed by atoms with E-state index in [2.05, 4.69) is 15.3 Å². The van der Waals surface area contributed by atoms with Crippen molar-refractivity contribution in [3.8, 4) is 0 Å². The van der Waals surface area contributed by atoms with Crippen LogP contribution in [0.5, 0.6) is 0 Å². The molecule has 0 bridgehead atoms. The number of hydrogen-bond donors (Lipinski definition) is 2. The van der Waals surface area contributed by atoms with Crippen LogP contribution < -0.4 is 11.1 Å². The molecule has 1 aromatic heterocycles. The Labute approximate surface area is 92.0 Å². The largest absolute Gasteiger partial charge is 0.383 e. The van der Waals surface area contributed by atoms with Gasteiger partial charge < -0.3 is 11.1 Å². The Morgan fingerprint density at radius 1 is 1.53 bits per heavy atom. The molecule has 0 fully saturated rings. The summed E-state index contributed by atoms with van der Waals surface area (Å²) in [7, 11) is -0.731. The van der Waals surface area contributed by atoms with E-state index in [0.717, 1.165) is 24.3 Å². The van der Waals surface area contributed by atoms with Gasteiger partial charge in [0.05, 0.1) is 0 Å². The van der Waals surface area contributed by atoms with E-state index < -0.39 is 10.8 Å². The van der Waals surface area contributed by atoms with E-state index in [9.17, 15) is 4.21 Å². The monoisotopic (exact) mass is 228 g/mol. The number of anilines is 2. The van der Waals surface area contributed by atoms with Gasteiger partial charge in [-0.05, 0) is 13.3 Å². The third-order valence-corrected chi connectivity index (χ3v) is 2.89. The van der Waals surface area contributed by atoms with Gasteiger partial charge in [-0.25, -0.2) is 9.97 Å². The third kappa shape index (κ3) is 3.83. The molecule has 3 N–H and O–H groups in total. The average Bonchev–Trinajstić information content (AvgIpc) is 2.18. The van der Waals surface area contributed by atoms with Crippen LogP contribution in [-0.4, -0.2) is 32.7 Å². The van der Waals surface area contributed by atoms with Crippen LogP contribution in [0.1, 0.15) is 12.0 Å². The van der Waals surface area contributed by atoms with Gasteiger partial charge in [-0.1, -0.05) is 0 Å². The van der Waals surface area contributed by atoms with Crippen molar-refractivity contribution in [1.29, 1.82) is 0 Å². The summed E-state index contributed by atoms with van der Waals surface area (Å²) >= 11 is 0. The van der Waals surface area contributed by atoms with Gasteiger partial charge in [0, 0.05) is 34.9 Å². The van der Waals surface area contributed by atoms with Gasteiger partial charge in [0.1, 0.15) is 18.0 Å². The predicted octanol–water partition coefficient (Wildman–Crippen LogP) is 0.548. The highest BCUT2D eigenvalue weighted by molar-refractivity contribution is 7.84. The normalized spacial score (nSPS) is 12.4. The average molecular weight is 228 g/mol. The minimum atomic E-state index is -0.731. The number of hydrogen-bond acceptors (Lipinski definition) is 5. The first-order chi connectivity index (χ1) is 7.11. The number of aromatic nitrogens is 2. The van der Waals surface area contributed by atoms with Crippen LogP contribution in [-0.2, 0) is 10.8 Å². The Bertz CT molecular complexity index is 356. The van der Waals surface area contributed by atoms with Gasteiger partial charge in [-0.3, -0.25) is 4.21 Å². The van der Waals surface area contributed by atoms with Crippen molar-refractivity contribution in [3.63, 3.8) is 0 Å². The zero-order valence-corrected chi connectivity index (χ0v) is 9.80. The molecule has 0 saturated heterocycles. The third-order valence-electron chi connectivity index (χ3n) is 2.02. The first kappa shape index (κ1) is 11.9. The summed E-state index contributed by atoms with van der Waals surface area (Å²) in [4.78, 5) is 7.95. The van der Waals surface area contributed by atoms with E-state index in [-0.39, 0.29) is 0 Å². The Hall–Kier alpha value is -1.17. The topological polar surface area (TPSA) is 80.9 Å². The molecule has 15 heavy (non-hydrogen) atoms. The Morgan fingerprint density at radius 2 is 2.27 bits per heavy atom. The second-order valence-corrected chi connectivity index (χ2v) is 4.84. The molecule has 0 aliphatic carbocycles. The van der Waals surface area contributed by atoms with Crippen molar-refractivity contribution < 1.29 is 4.21 Å². The molecule has 1 unspecified atom stereocenters. The van der Waals surface area contributed by atoms with Crippen LogP contribution in [0.15, 0.2) is 6.33 Å². The van der Waals surface area contributed by atoms with Crippen LogP contribution >= 0.6 is 0 Å². The summed E-state index contributed by atoms with van der Waals surface area (Å²) in [5, 5.41) is 3.14. The molecule has 0 spiro atoms. The highest BCUT2D eigenvalue weighted by Gasteiger charge is 2.02. The number of nitrogens with one attached hydrogen (secondary N) is 1. The van der Waals surface area contributed by atoms with Crippen LogP contribution in [0.3, 0.4) is 0 Å². The first-order valence-electron chi connectivity index (χ1n) is 4.72. The van der Waals surface area contributed by atoms with Crippen LogP contribution in [0.25, 0.3) is 0 Å². The molecule has 1 atom stereocenters. The number of nitrogens with zero attached hydrogens (tertiary/aromatic N) is 2. The standard InChI is InChI=1S/C9H16N4OS/c1-7-8(10)12-6-13-9(7)11-4-3-5-15(2)14/h6H,3-5H2,1-2H3,(H3,10,11,12,13). The van der Waals surface area contributed by atoms with Gasteiger partial charge in [0.25, 0.3) is 0 Å². The fourth-order valence-corrected chi connectivity index (χ4v) is 1.68. The molecular weight excluding hydrogens is 212 g/mol. The summed E-state index contributed by atoms with van der Waals surface area (Å²) < 4.78 is 10.8. The zero-order valence-electron chi connectivity index (χ0n) is 8.99. The van der Waals surface area contributed by atoms with Crippen molar-refractivity contribution in [2.75, 3.05) is 29.6 Å². The zero-order chi connectivity index (χ0) is 11.3. The van der Waals surface area contributed by atoms with E-state index in [1.807, 2.05) is 6.92 Å². The molecular formula is C9H16N4OS. The maximum absolute atomic E-state index is 10.8. The van der Waals surface area contributed by atoms with E-state index in [1.165, 1.54) is 6.33 Å². The molecule has 5 nitrogen and oxygen atoms in total. The first-order valence-corrected chi connectivity index (χ1v) is 6.45. The van der Waals surface area contributed by atoms with Crippen molar-refractivity contribution in [1.82, 2.24) is 9.97 Å². The van der Waals surface area contributed by atoms with Crippen LogP contribution in [0.2, 0.25) is 0 Å². The van der Waals surface area contributed by atoms with Gasteiger partial charge in [0.2, 0.25) is 0 Å². The minimum Gasteiger partial charge on any atom is -0.383 e. The second kappa shape index (κ2) is 5.65. The number of nitrogen functional groups attached to an aromatic ring is 1. The van der Waals surface area contributed by atoms with Gasteiger partial charge in [-0.15, -0.1) is 0 Å². The van der Waals surface area contributed by atoms with Crippen molar-refractivity contribution in [3.05, 3.63) is 11.9 Å². The Kier molecular flexibility index (Phi) is 4.48. The number of rotatable bonds is 5. The van der Waals surface area contributed by atoms with E-state index >= 15 is 0 Å². The summed E-state index contributed by atoms with van der Waals surface area (Å²) in [6.07, 6.45) is 3.99. The van der Waals surface area contributed by atoms with Crippen LogP contribution in [0, 0.1) is 6.92 Å². The lowest BCUT2D eigenvalue weighted by Crippen LogP contribution is -2.09. The molecule has 0 aliphatic rings. The predicted molar refractivity (Wildman–Crippen MR) is 63.2 cm³/mol. The van der Waals surface area contributed by atoms with Gasteiger partial charge in [-0.2, -0.15) is 0 Å². The summed E-state index contributed by atoms with van der Waals surface area (Å²) in [6, 6.07) is 0. The summed E-state index contributed by atoms with van der Waals surface area (Å²) in [5.41, 5.74) is 6.49. The van der Waals surface area contributed by atoms with E-state index in [0.29, 0.717) is 11.6 Å². The fraction of sp³-hybridized carbons (Fsp3) is 0.556. The number of nitrogens with two attached hydrogens (primary N) is 1. The smallest absolute Gasteiger partial charge is 0.134 e. The maximum Gasteiger partial charge on any atom is 0.134 e. The van der Waals surface area contributed by atoms with Crippen LogP contribution in [0.4, 0.5) is 11.6 Å². The van der Waals surface area contributed by atoms with Crippen molar-refractivity contribution >= 4 is 22.4 Å². The highest BCUT2D eigenvalue weighted by Crippen LogP contribution is 2.14. The van der Waals surface area contributed by atoms with Gasteiger partial charge in [0.15, 0.2) is 0 Å². The minimum absolute atomic E-state index is 0.492. The molecule has 6 heteroatoms. The molecule has 84 valence electrons. The second-order valence-electron chi connectivity index (χ2n) is 3.29. The molecule has 0 amide bonds. The summed E-state index contributed by atoms with van der Waals surface area (Å²) in [6.45, 7) is 2.62. The lowest BCUT2D eigenvalue weighted by atomic mass is 10.3. The van der Waals surface area contributed by atoms with Crippen molar-refractivity contribution in [2.24, 2.45) is 0 Å². The quantitative estimate of drug-likeness (QED) is 0.719. The Balaban J connectivity index is 2.44. The molecule has 0 aromatic carbocycles. The van der Waals surface area contributed by atoms with E-state index in [1.54, 1.807) is 6.26 Å². The molecule has 1 rings (SSSR count). The SMILES string of the molecule is Cc1c(N)ncnc1NCCCS(C)=O. The highest BCUT2D eigenvalue weighted by atomic mass is 32.2. The molecule has 1 aromatic rings. The molecule has 0 aliphatic heterocycles. The molecule has 1 heterocycles. The molecule has 0 radical (unpaired) electrons. The maximum atomic E-state index is 10.8.